The second-order valence-electron chi connectivity index (χ2n) is 30.5. The summed E-state index contributed by atoms with van der Waals surface area (Å²) in [7, 11) is -1.64. The zero-order chi connectivity index (χ0) is 84.7. The molecule has 0 saturated carbocycles. The number of pyridine rings is 4. The molecule has 4 amide bonds. The van der Waals surface area contributed by atoms with Gasteiger partial charge in [0.25, 0.3) is 17.7 Å². The predicted octanol–water partition coefficient (Wildman–Crippen LogP) is 11.9. The number of Topliss-reactive ketones (excluding diaryl/α,β-unsaturated/α-hetero) is 4. The van der Waals surface area contributed by atoms with Crippen LogP contribution in [0.3, 0.4) is 0 Å². The van der Waals surface area contributed by atoms with Crippen molar-refractivity contribution in [3.8, 4) is 17.2 Å². The molecule has 0 fully saturated rings. The van der Waals surface area contributed by atoms with Gasteiger partial charge in [-0.3, -0.25) is 33.6 Å². The first-order chi connectivity index (χ1) is 54.8. The van der Waals surface area contributed by atoms with Gasteiger partial charge in [0, 0.05) is 108 Å². The monoisotopic (exact) mass is 1610 g/mol. The van der Waals surface area contributed by atoms with Crippen LogP contribution in [0.25, 0.3) is 22.6 Å². The molecule has 0 spiro atoms. The van der Waals surface area contributed by atoms with Crippen molar-refractivity contribution >= 4 is 96.4 Å². The molecule has 0 radical (unpaired) electrons. The minimum Gasteiger partial charge on any atom is -0.491 e. The molecule has 616 valence electrons. The Morgan fingerprint density at radius 1 is 0.371 bits per heavy atom. The summed E-state index contributed by atoms with van der Waals surface area (Å²) in [6, 6.07) is 33.3. The van der Waals surface area contributed by atoms with Gasteiger partial charge in [0.15, 0.2) is 33.0 Å². The number of ether oxygens (including phenoxy) is 7. The Morgan fingerprint density at radius 2 is 0.672 bits per heavy atom. The number of rotatable bonds is 30. The summed E-state index contributed by atoms with van der Waals surface area (Å²) < 4.78 is 66.4. The van der Waals surface area contributed by atoms with E-state index in [0.717, 1.165) is 6.26 Å². The average Bonchev–Trinajstić information content (AvgIpc) is 1.67. The topological polar surface area (TPSA) is 393 Å². The first-order valence-corrected chi connectivity index (χ1v) is 38.9. The number of hydrogen-bond donors (Lipinski definition) is 6. The maximum absolute atomic E-state index is 12.6. The van der Waals surface area contributed by atoms with E-state index in [2.05, 4.69) is 41.2 Å². The number of hydrogen-bond acceptors (Lipinski definition) is 23. The first kappa shape index (κ1) is 89.6. The second-order valence-corrected chi connectivity index (χ2v) is 32.5. The van der Waals surface area contributed by atoms with E-state index < -0.39 is 37.6 Å². The van der Waals surface area contributed by atoms with Crippen LogP contribution in [0.5, 0.6) is 17.2 Å². The van der Waals surface area contributed by atoms with Gasteiger partial charge in [-0.05, 0) is 121 Å². The molecule has 6 N–H and O–H groups in total. The molecule has 8 heterocycles. The molecule has 32 heteroatoms. The first-order valence-electron chi connectivity index (χ1n) is 37.1. The van der Waals surface area contributed by atoms with E-state index in [4.69, 9.17) is 43.4 Å². The molecule has 0 aliphatic rings. The number of benzene rings is 3. The van der Waals surface area contributed by atoms with Crippen molar-refractivity contribution in [1.29, 1.82) is 0 Å². The molecule has 0 aliphatic heterocycles. The number of nitrogens with zero attached hydrogens (tertiary/aromatic N) is 8. The zero-order valence-corrected chi connectivity index (χ0v) is 68.3. The highest BCUT2D eigenvalue weighted by Gasteiger charge is 2.29. The van der Waals surface area contributed by atoms with E-state index in [1.165, 1.54) is 36.5 Å². The molecule has 0 saturated heterocycles. The normalized spacial score (nSPS) is 11.7. The van der Waals surface area contributed by atoms with Crippen molar-refractivity contribution in [3.63, 3.8) is 0 Å². The number of nitrogens with one attached hydrogen (secondary N) is 4. The van der Waals surface area contributed by atoms with Crippen LogP contribution in [0, 0.1) is 21.7 Å². The Bertz CT molecular complexity index is 5360. The Kier molecular flexibility index (Phi) is 31.2. The number of aliphatic hydroxyl groups is 2. The predicted molar refractivity (Wildman–Crippen MR) is 436 cm³/mol. The molecule has 11 rings (SSSR count). The number of imidazole rings is 4. The van der Waals surface area contributed by atoms with Crippen LogP contribution < -0.4 is 35.5 Å². The minimum absolute atomic E-state index is 0.0200. The Morgan fingerprint density at radius 3 is 0.991 bits per heavy atom. The van der Waals surface area contributed by atoms with E-state index in [1.54, 1.807) is 159 Å². The summed E-state index contributed by atoms with van der Waals surface area (Å²) in [4.78, 5) is 117. The largest absolute Gasteiger partial charge is 0.491 e. The Balaban J connectivity index is 0.000000197. The lowest BCUT2D eigenvalue weighted by molar-refractivity contribution is 0.0544. The average molecular weight is 1610 g/mol. The fourth-order valence-electron chi connectivity index (χ4n) is 10.4. The Labute approximate surface area is 672 Å². The fraction of sp³-hybridized carbons (Fsp3) is 0.357. The highest BCUT2D eigenvalue weighted by atomic mass is 32.2. The van der Waals surface area contributed by atoms with Gasteiger partial charge >= 0.3 is 6.09 Å². The lowest BCUT2D eigenvalue weighted by atomic mass is 9.89. The van der Waals surface area contributed by atoms with E-state index in [0.29, 0.717) is 130 Å². The van der Waals surface area contributed by atoms with Crippen LogP contribution in [0.4, 0.5) is 21.9 Å². The van der Waals surface area contributed by atoms with Gasteiger partial charge in [0.05, 0.1) is 81.4 Å². The SMILES string of the molecule is CC(C)(C)C(=O)c1cn2cc(NC(=O)c3ccc(OC(=O)NCCOCCO)cc3)ccc2n1.CC(C)(C)C(=O)c1cn2cc(NC(=O)c3ccc(OCCOCCO)cc3)ccc2n1.CC(C)(C)C(=O)c1cn2cc(S(C)(=O)=O)ccc2n1.COCCOCCOc1ccc(C(=O)Nc2ccc3nc(C(=O)C(C)(C)C)cn3c2)cc1. The molecule has 116 heavy (non-hydrogen) atoms. The van der Waals surface area contributed by atoms with E-state index in [1.807, 2.05) is 83.1 Å². The van der Waals surface area contributed by atoms with Crippen LogP contribution in [0.2, 0.25) is 0 Å². The summed E-state index contributed by atoms with van der Waals surface area (Å²) in [5.41, 5.74) is 4.95. The third-order valence-corrected chi connectivity index (χ3v) is 17.7. The fourth-order valence-corrected chi connectivity index (χ4v) is 11.1. The lowest BCUT2D eigenvalue weighted by Crippen LogP contribution is -2.30. The van der Waals surface area contributed by atoms with Crippen molar-refractivity contribution in [3.05, 3.63) is 210 Å². The number of methoxy groups -OCH3 is 1. The summed E-state index contributed by atoms with van der Waals surface area (Å²) in [5, 5.41) is 28.3. The molecule has 0 aliphatic carbocycles. The van der Waals surface area contributed by atoms with Crippen molar-refractivity contribution < 1.29 is 90.1 Å². The number of carbonyl (C=O) groups is 8. The number of anilines is 3. The van der Waals surface area contributed by atoms with Gasteiger partial charge in [-0.15, -0.1) is 0 Å². The van der Waals surface area contributed by atoms with Gasteiger partial charge < -0.3 is 82.2 Å². The van der Waals surface area contributed by atoms with Gasteiger partial charge in [-0.2, -0.15) is 0 Å². The van der Waals surface area contributed by atoms with Gasteiger partial charge in [-0.1, -0.05) is 83.1 Å². The van der Waals surface area contributed by atoms with Gasteiger partial charge in [0.1, 0.15) is 75.8 Å². The molecule has 0 bridgehead atoms. The quantitative estimate of drug-likeness (QED) is 0.0180. The molecule has 3 aromatic carbocycles. The number of amides is 4. The van der Waals surface area contributed by atoms with Crippen LogP contribution in [-0.2, 0) is 28.8 Å². The summed E-state index contributed by atoms with van der Waals surface area (Å²) in [5.74, 6) is 0.509. The van der Waals surface area contributed by atoms with Crippen molar-refractivity contribution in [2.45, 2.75) is 88.0 Å². The smallest absolute Gasteiger partial charge is 0.412 e. The van der Waals surface area contributed by atoms with Crippen molar-refractivity contribution in [1.82, 2.24) is 42.9 Å². The molecule has 0 unspecified atom stereocenters. The summed E-state index contributed by atoms with van der Waals surface area (Å²) >= 11 is 0. The molecule has 31 nitrogen and oxygen atoms in total. The molecule has 8 aromatic heterocycles. The van der Waals surface area contributed by atoms with Gasteiger partial charge in [-0.25, -0.2) is 33.1 Å². The van der Waals surface area contributed by atoms with Crippen molar-refractivity contribution in [2.24, 2.45) is 21.7 Å². The standard InChI is InChI=1S/C24H28N4O6.C24H29N3O5.C23H27N3O5.C13H16N2O3S/c1-24(2,3)21(30)19-15-28-14-17(6-9-20(28)27-19)26-22(31)16-4-7-18(8-5-16)34-23(32)25-10-12-33-13-11-29;1-24(2,3)22(28)20-16-27-15-18(7-10-21(27)26-20)25-23(29)17-5-8-19(9-6-17)32-14-13-31-12-11-30-4;1-23(2,3)21(28)19-15-26-14-17(6-9-20(26)25-19)24-22(29)16-4-7-18(8-5-16)31-13-12-30-11-10-27;1-13(2,3)12(16)10-8-15-7-9(19(4,17)18)5-6-11(15)14-10/h4-9,14-15,29H,10-13H2,1-3H3,(H,25,32)(H,26,31);5-10,15-16H,11-14H2,1-4H3,(H,25,29);4-9,14-15,27H,10-13H2,1-3H3,(H,24,29);5-8H,1-4H3. The number of carbonyl (C=O) groups excluding carboxylic acids is 8. The maximum atomic E-state index is 12.6. The number of ketones is 4. The number of aromatic nitrogens is 8. The number of fused-ring (bicyclic) bond motifs is 4. The number of sulfone groups is 1. The molecular formula is C84H100N12O19S. The zero-order valence-electron chi connectivity index (χ0n) is 67.5. The highest BCUT2D eigenvalue weighted by Crippen LogP contribution is 2.27. The van der Waals surface area contributed by atoms with Crippen molar-refractivity contribution in [2.75, 3.05) is 109 Å². The maximum Gasteiger partial charge on any atom is 0.412 e. The lowest BCUT2D eigenvalue weighted by Gasteiger charge is -2.13. The van der Waals surface area contributed by atoms with Crippen LogP contribution in [0.15, 0.2) is 176 Å². The second kappa shape index (κ2) is 40.4. The van der Waals surface area contributed by atoms with E-state index in [9.17, 15) is 46.8 Å². The van der Waals surface area contributed by atoms with E-state index in [-0.39, 0.29) is 91.1 Å². The highest BCUT2D eigenvalue weighted by molar-refractivity contribution is 7.90. The van der Waals surface area contributed by atoms with Crippen LogP contribution in [-0.4, -0.2) is 196 Å². The Hall–Kier alpha value is -11.9. The van der Waals surface area contributed by atoms with E-state index >= 15 is 0 Å². The van der Waals surface area contributed by atoms with Crippen LogP contribution >= 0.6 is 0 Å². The third kappa shape index (κ3) is 26.6. The van der Waals surface area contributed by atoms with Crippen LogP contribution in [0.1, 0.15) is 156 Å². The minimum atomic E-state index is -3.27. The molecule has 11 aromatic rings. The van der Waals surface area contributed by atoms with Gasteiger partial charge in [0.2, 0.25) is 0 Å². The molecular weight excluding hydrogens is 1510 g/mol. The summed E-state index contributed by atoms with van der Waals surface area (Å²) in [6.07, 6.45) is 13.7. The number of aliphatic hydroxyl groups excluding tert-OH is 2. The third-order valence-electron chi connectivity index (χ3n) is 16.6. The summed E-state index contributed by atoms with van der Waals surface area (Å²) in [6.45, 7) is 25.7. The molecule has 0 atom stereocenters.